The van der Waals surface area contributed by atoms with Crippen molar-refractivity contribution in [3.8, 4) is 0 Å². The van der Waals surface area contributed by atoms with Crippen molar-refractivity contribution in [1.29, 1.82) is 0 Å². The molecular formula is C14H25B3. The molecule has 0 aliphatic carbocycles. The van der Waals surface area contributed by atoms with E-state index in [2.05, 4.69) is 71.1 Å². The van der Waals surface area contributed by atoms with Gasteiger partial charge in [0.05, 0.1) is 0 Å². The van der Waals surface area contributed by atoms with E-state index in [1.165, 1.54) is 27.5 Å². The molecule has 0 heterocycles. The van der Waals surface area contributed by atoms with E-state index < -0.39 is 0 Å². The molecule has 0 fully saturated rings. The maximum absolute atomic E-state index is 2.36. The topological polar surface area (TPSA) is 0 Å². The van der Waals surface area contributed by atoms with E-state index in [0.717, 1.165) is 0 Å². The Bertz CT molecular complexity index is 396. The van der Waals surface area contributed by atoms with Gasteiger partial charge in [-0.25, -0.2) is 0 Å². The van der Waals surface area contributed by atoms with Crippen molar-refractivity contribution in [2.45, 2.75) is 52.4 Å². The highest BCUT2D eigenvalue weighted by Gasteiger charge is 2.25. The fourth-order valence-electron chi connectivity index (χ4n) is 3.49. The molecule has 0 aliphatic heterocycles. The normalized spacial score (nSPS) is 12.8. The Balaban J connectivity index is 3.67. The summed E-state index contributed by atoms with van der Waals surface area (Å²) in [4.78, 5) is 0. The first-order valence-electron chi connectivity index (χ1n) is 6.58. The molecule has 0 saturated carbocycles. The summed E-state index contributed by atoms with van der Waals surface area (Å²) in [5.41, 5.74) is 7.84. The van der Waals surface area contributed by atoms with Crippen LogP contribution >= 0.6 is 0 Å². The van der Waals surface area contributed by atoms with Gasteiger partial charge in [0.25, 0.3) is 0 Å². The van der Waals surface area contributed by atoms with Gasteiger partial charge in [0.1, 0.15) is 23.5 Å². The van der Waals surface area contributed by atoms with Gasteiger partial charge in [0, 0.05) is 0 Å². The number of rotatable bonds is 0. The van der Waals surface area contributed by atoms with Gasteiger partial charge >= 0.3 is 0 Å². The Morgan fingerprint density at radius 3 is 1.24 bits per heavy atom. The van der Waals surface area contributed by atoms with Crippen molar-refractivity contribution in [3.05, 3.63) is 17.2 Å². The zero-order chi connectivity index (χ0) is 13.6. The molecule has 1 aromatic rings. The van der Waals surface area contributed by atoms with Gasteiger partial charge in [-0.2, -0.15) is 0 Å². The molecule has 0 nitrogen and oxygen atoms in total. The second-order valence-electron chi connectivity index (χ2n) is 7.39. The van der Waals surface area contributed by atoms with Crippen molar-refractivity contribution in [1.82, 2.24) is 0 Å². The summed E-state index contributed by atoms with van der Waals surface area (Å²) in [5.74, 6) is 0. The van der Waals surface area contributed by atoms with Crippen LogP contribution in [0.25, 0.3) is 0 Å². The standard InChI is InChI=1S/C14H25B3/c1-13(2,3)10-8(15)7-9(16)11(12(10)17)14(4,5)6/h7H,15-17H2,1-6H3. The van der Waals surface area contributed by atoms with Crippen LogP contribution in [0.4, 0.5) is 0 Å². The number of hydrogen-bond acceptors (Lipinski definition) is 0. The second kappa shape index (κ2) is 4.26. The minimum atomic E-state index is 0.224. The van der Waals surface area contributed by atoms with Crippen LogP contribution < -0.4 is 16.4 Å². The molecule has 0 radical (unpaired) electrons. The minimum absolute atomic E-state index is 0.224. The van der Waals surface area contributed by atoms with Gasteiger partial charge in [-0.05, 0) is 10.8 Å². The fraction of sp³-hybridized carbons (Fsp3) is 0.571. The van der Waals surface area contributed by atoms with E-state index in [1.807, 2.05) is 0 Å². The van der Waals surface area contributed by atoms with Crippen molar-refractivity contribution >= 4 is 39.9 Å². The second-order valence-corrected chi connectivity index (χ2v) is 7.39. The molecule has 17 heavy (non-hydrogen) atoms. The molecule has 0 atom stereocenters. The molecule has 0 aliphatic rings. The van der Waals surface area contributed by atoms with E-state index in [4.69, 9.17) is 0 Å². The number of hydrogen-bond donors (Lipinski definition) is 0. The average molecular weight is 226 g/mol. The molecule has 0 saturated heterocycles. The lowest BCUT2D eigenvalue weighted by atomic mass is 9.62. The molecule has 0 spiro atoms. The maximum Gasteiger partial charge on any atom is 0.140 e. The highest BCUT2D eigenvalue weighted by Crippen LogP contribution is 2.23. The van der Waals surface area contributed by atoms with E-state index >= 15 is 0 Å². The lowest BCUT2D eigenvalue weighted by Gasteiger charge is -2.32. The molecule has 0 bridgehead atoms. The predicted octanol–water partition coefficient (Wildman–Crippen LogP) is -0.943. The summed E-state index contributed by atoms with van der Waals surface area (Å²) in [6, 6.07) is 2.36. The first kappa shape index (κ1) is 14.5. The van der Waals surface area contributed by atoms with Gasteiger partial charge in [-0.3, -0.25) is 0 Å². The highest BCUT2D eigenvalue weighted by atomic mass is 14.3. The van der Waals surface area contributed by atoms with Crippen molar-refractivity contribution < 1.29 is 0 Å². The summed E-state index contributed by atoms with van der Waals surface area (Å²) in [7, 11) is 6.78. The molecule has 1 rings (SSSR count). The summed E-state index contributed by atoms with van der Waals surface area (Å²) in [5, 5.41) is 0. The Kier molecular flexibility index (Phi) is 3.63. The monoisotopic (exact) mass is 226 g/mol. The van der Waals surface area contributed by atoms with Crippen LogP contribution in [0.5, 0.6) is 0 Å². The third-order valence-corrected chi connectivity index (χ3v) is 3.47. The fourth-order valence-corrected chi connectivity index (χ4v) is 3.49. The SMILES string of the molecule is Bc1cc(B)c(C(C)(C)C)c(B)c1C(C)(C)C. The van der Waals surface area contributed by atoms with Crippen LogP contribution in [0, 0.1) is 0 Å². The Morgan fingerprint density at radius 2 is 1.00 bits per heavy atom. The van der Waals surface area contributed by atoms with Crippen molar-refractivity contribution in [2.24, 2.45) is 0 Å². The summed E-state index contributed by atoms with van der Waals surface area (Å²) in [6.07, 6.45) is 0. The molecule has 0 unspecified atom stereocenters. The molecule has 90 valence electrons. The lowest BCUT2D eigenvalue weighted by Crippen LogP contribution is -2.43. The predicted molar refractivity (Wildman–Crippen MR) is 88.4 cm³/mol. The third kappa shape index (κ3) is 2.81. The highest BCUT2D eigenvalue weighted by molar-refractivity contribution is 6.46. The molecule has 3 heteroatoms. The first-order chi connectivity index (χ1) is 7.46. The number of benzene rings is 1. The molecule has 0 aromatic heterocycles. The van der Waals surface area contributed by atoms with Gasteiger partial charge in [0.15, 0.2) is 0 Å². The van der Waals surface area contributed by atoms with Crippen molar-refractivity contribution in [2.75, 3.05) is 0 Å². The van der Waals surface area contributed by atoms with Crippen LogP contribution in [0.15, 0.2) is 6.07 Å². The Labute approximate surface area is 110 Å². The molecule has 0 N–H and O–H groups in total. The quantitative estimate of drug-likeness (QED) is 0.500. The minimum Gasteiger partial charge on any atom is -0.0864 e. The Morgan fingerprint density at radius 1 is 0.706 bits per heavy atom. The van der Waals surface area contributed by atoms with Crippen LogP contribution in [0.1, 0.15) is 52.7 Å². The van der Waals surface area contributed by atoms with Gasteiger partial charge < -0.3 is 0 Å². The first-order valence-corrected chi connectivity index (χ1v) is 6.58. The third-order valence-electron chi connectivity index (χ3n) is 3.47. The average Bonchev–Trinajstić information content (AvgIpc) is 1.94. The van der Waals surface area contributed by atoms with Crippen LogP contribution in [-0.2, 0) is 10.8 Å². The smallest absolute Gasteiger partial charge is 0.0864 e. The molecule has 1 aromatic carbocycles. The summed E-state index contributed by atoms with van der Waals surface area (Å²) >= 11 is 0. The summed E-state index contributed by atoms with van der Waals surface area (Å²) < 4.78 is 0. The molecular weight excluding hydrogens is 201 g/mol. The van der Waals surface area contributed by atoms with E-state index in [0.29, 0.717) is 0 Å². The summed E-state index contributed by atoms with van der Waals surface area (Å²) in [6.45, 7) is 13.9. The zero-order valence-corrected chi connectivity index (χ0v) is 13.1. The molecule has 0 amide bonds. The zero-order valence-electron chi connectivity index (χ0n) is 13.1. The largest absolute Gasteiger partial charge is 0.140 e. The van der Waals surface area contributed by atoms with Gasteiger partial charge in [-0.1, -0.05) is 75.1 Å². The maximum atomic E-state index is 2.36. The van der Waals surface area contributed by atoms with Crippen LogP contribution in [0.2, 0.25) is 0 Å². The van der Waals surface area contributed by atoms with Gasteiger partial charge in [0.2, 0.25) is 0 Å². The van der Waals surface area contributed by atoms with Crippen LogP contribution in [-0.4, -0.2) is 23.5 Å². The van der Waals surface area contributed by atoms with E-state index in [-0.39, 0.29) is 10.8 Å². The van der Waals surface area contributed by atoms with E-state index in [9.17, 15) is 0 Å². The Hall–Kier alpha value is -0.585. The van der Waals surface area contributed by atoms with Crippen LogP contribution in [0.3, 0.4) is 0 Å². The van der Waals surface area contributed by atoms with E-state index in [1.54, 1.807) is 0 Å². The lowest BCUT2D eigenvalue weighted by molar-refractivity contribution is 0.581. The van der Waals surface area contributed by atoms with Crippen molar-refractivity contribution in [3.63, 3.8) is 0 Å². The van der Waals surface area contributed by atoms with Gasteiger partial charge in [-0.15, -0.1) is 0 Å².